The molecule has 1 unspecified atom stereocenters. The Balaban J connectivity index is 1.38. The number of amides is 1. The van der Waals surface area contributed by atoms with Crippen molar-refractivity contribution in [1.82, 2.24) is 10.3 Å². The summed E-state index contributed by atoms with van der Waals surface area (Å²) in [5.41, 5.74) is 1.28. The summed E-state index contributed by atoms with van der Waals surface area (Å²) in [4.78, 5) is 29.3. The van der Waals surface area contributed by atoms with Gasteiger partial charge in [0, 0.05) is 0 Å². The van der Waals surface area contributed by atoms with Crippen LogP contribution in [0, 0.1) is 5.92 Å². The summed E-state index contributed by atoms with van der Waals surface area (Å²) in [6.07, 6.45) is 13.1. The van der Waals surface area contributed by atoms with Gasteiger partial charge in [-0.1, -0.05) is 57.1 Å². The zero-order chi connectivity index (χ0) is 24.0. The molecule has 1 atom stereocenters. The topological polar surface area (TPSA) is 88.5 Å². The predicted molar refractivity (Wildman–Crippen MR) is 131 cm³/mol. The second-order valence-electron chi connectivity index (χ2n) is 9.93. The lowest BCUT2D eigenvalue weighted by Gasteiger charge is -2.29. The van der Waals surface area contributed by atoms with E-state index in [9.17, 15) is 9.59 Å². The number of aromatic carboxylic acids is 1. The third-order valence-electron chi connectivity index (χ3n) is 7.64. The number of aromatic nitrogens is 1. The van der Waals surface area contributed by atoms with Crippen LogP contribution in [0.15, 0.2) is 42.6 Å². The van der Waals surface area contributed by atoms with Crippen LogP contribution in [0.5, 0.6) is 5.75 Å². The molecule has 2 fully saturated rings. The molecule has 1 aromatic carbocycles. The van der Waals surface area contributed by atoms with E-state index in [1.807, 2.05) is 19.1 Å². The number of rotatable bonds is 9. The fourth-order valence-corrected chi connectivity index (χ4v) is 5.48. The molecule has 182 valence electrons. The van der Waals surface area contributed by atoms with Crippen molar-refractivity contribution in [1.29, 1.82) is 0 Å². The molecule has 2 N–H and O–H groups in total. The van der Waals surface area contributed by atoms with Gasteiger partial charge in [-0.3, -0.25) is 9.78 Å². The summed E-state index contributed by atoms with van der Waals surface area (Å²) in [6.45, 7) is 2.64. The van der Waals surface area contributed by atoms with Crippen LogP contribution in [0.25, 0.3) is 0 Å². The van der Waals surface area contributed by atoms with E-state index in [1.165, 1.54) is 32.1 Å². The molecule has 1 amide bonds. The quantitative estimate of drug-likeness (QED) is 0.488. The van der Waals surface area contributed by atoms with Gasteiger partial charge in [0.25, 0.3) is 0 Å². The van der Waals surface area contributed by atoms with Crippen molar-refractivity contribution in [3.63, 3.8) is 0 Å². The average molecular weight is 465 g/mol. The monoisotopic (exact) mass is 464 g/mol. The van der Waals surface area contributed by atoms with E-state index >= 15 is 0 Å². The Morgan fingerprint density at radius 1 is 1.06 bits per heavy atom. The molecule has 4 rings (SSSR count). The van der Waals surface area contributed by atoms with Crippen molar-refractivity contribution in [2.75, 3.05) is 6.61 Å². The number of carboxylic acid groups (broad SMARTS) is 1. The number of nitrogens with zero attached hydrogens (tertiary/aromatic N) is 1. The largest absolute Gasteiger partial charge is 0.492 e. The predicted octanol–water partition coefficient (Wildman–Crippen LogP) is 5.82. The normalized spacial score (nSPS) is 18.9. The van der Waals surface area contributed by atoms with Crippen LogP contribution in [-0.4, -0.2) is 28.6 Å². The van der Waals surface area contributed by atoms with Gasteiger partial charge < -0.3 is 15.2 Å². The van der Waals surface area contributed by atoms with Gasteiger partial charge in [-0.15, -0.1) is 0 Å². The van der Waals surface area contributed by atoms with Crippen LogP contribution in [0.1, 0.15) is 98.8 Å². The van der Waals surface area contributed by atoms with Gasteiger partial charge >= 0.3 is 5.97 Å². The molecule has 0 bridgehead atoms. The van der Waals surface area contributed by atoms with Crippen molar-refractivity contribution >= 4 is 11.9 Å². The van der Waals surface area contributed by atoms with E-state index in [0.29, 0.717) is 0 Å². The minimum atomic E-state index is -0.958. The average Bonchev–Trinajstić information content (AvgIpc) is 3.36. The lowest BCUT2D eigenvalue weighted by atomic mass is 9.81. The Labute approximate surface area is 202 Å². The summed E-state index contributed by atoms with van der Waals surface area (Å²) in [5, 5.41) is 12.3. The number of nitrogens with one attached hydrogen (secondary N) is 1. The van der Waals surface area contributed by atoms with Crippen molar-refractivity contribution in [3.8, 4) is 5.75 Å². The highest BCUT2D eigenvalue weighted by Gasteiger charge is 2.44. The molecule has 2 aliphatic carbocycles. The standard InChI is InChI=1S/C28H36N2O4/c1-20(22-9-11-23(12-10-22)26(31)32)30-27(33)28(16-5-6-17-28)25-14-13-24(19-29-25)34-18-15-21-7-3-2-4-8-21/h9-14,19-21H,2-8,15-18H2,1H3,(H,30,33)(H,31,32). The first-order valence-electron chi connectivity index (χ1n) is 12.7. The lowest BCUT2D eigenvalue weighted by Crippen LogP contribution is -2.44. The minimum Gasteiger partial charge on any atom is -0.492 e. The van der Waals surface area contributed by atoms with Gasteiger partial charge in [0.1, 0.15) is 5.75 Å². The van der Waals surface area contributed by atoms with Crippen LogP contribution >= 0.6 is 0 Å². The van der Waals surface area contributed by atoms with Crippen molar-refractivity contribution in [2.45, 2.75) is 82.6 Å². The van der Waals surface area contributed by atoms with Crippen molar-refractivity contribution in [2.24, 2.45) is 5.92 Å². The maximum absolute atomic E-state index is 13.5. The Morgan fingerprint density at radius 2 is 1.76 bits per heavy atom. The molecule has 0 spiro atoms. The molecule has 34 heavy (non-hydrogen) atoms. The van der Waals surface area contributed by atoms with E-state index in [0.717, 1.165) is 61.6 Å². The lowest BCUT2D eigenvalue weighted by molar-refractivity contribution is -0.127. The molecule has 2 aromatic rings. The Morgan fingerprint density at radius 3 is 2.38 bits per heavy atom. The first kappa shape index (κ1) is 24.2. The molecule has 2 saturated carbocycles. The highest BCUT2D eigenvalue weighted by Crippen LogP contribution is 2.41. The van der Waals surface area contributed by atoms with Gasteiger partial charge in [-0.05, 0) is 61.9 Å². The molecule has 0 aliphatic heterocycles. The zero-order valence-electron chi connectivity index (χ0n) is 20.1. The van der Waals surface area contributed by atoms with Crippen LogP contribution in [0.2, 0.25) is 0 Å². The van der Waals surface area contributed by atoms with Gasteiger partial charge in [0.15, 0.2) is 0 Å². The Bertz CT molecular complexity index is 959. The summed E-state index contributed by atoms with van der Waals surface area (Å²) in [6, 6.07) is 10.3. The van der Waals surface area contributed by atoms with E-state index in [4.69, 9.17) is 9.84 Å². The van der Waals surface area contributed by atoms with Gasteiger partial charge in [0.2, 0.25) is 5.91 Å². The van der Waals surface area contributed by atoms with Crippen molar-refractivity contribution in [3.05, 3.63) is 59.4 Å². The smallest absolute Gasteiger partial charge is 0.335 e. The molecule has 2 aliphatic rings. The number of carbonyl (C=O) groups is 2. The van der Waals surface area contributed by atoms with E-state index in [1.54, 1.807) is 30.5 Å². The number of carbonyl (C=O) groups excluding carboxylic acids is 1. The van der Waals surface area contributed by atoms with Gasteiger partial charge in [0.05, 0.1) is 35.5 Å². The fourth-order valence-electron chi connectivity index (χ4n) is 5.48. The second-order valence-corrected chi connectivity index (χ2v) is 9.93. The molecular formula is C28H36N2O4. The number of hydrogen-bond donors (Lipinski definition) is 2. The summed E-state index contributed by atoms with van der Waals surface area (Å²) in [5.74, 6) is 0.577. The van der Waals surface area contributed by atoms with Crippen LogP contribution in [0.4, 0.5) is 0 Å². The number of benzene rings is 1. The third kappa shape index (κ3) is 5.60. The van der Waals surface area contributed by atoms with Crippen LogP contribution in [0.3, 0.4) is 0 Å². The molecule has 1 heterocycles. The Hall–Kier alpha value is -2.89. The van der Waals surface area contributed by atoms with E-state index < -0.39 is 11.4 Å². The minimum absolute atomic E-state index is 0.0155. The highest BCUT2D eigenvalue weighted by atomic mass is 16.5. The molecule has 0 saturated heterocycles. The summed E-state index contributed by atoms with van der Waals surface area (Å²) >= 11 is 0. The highest BCUT2D eigenvalue weighted by molar-refractivity contribution is 5.89. The second kappa shape index (κ2) is 11.0. The van der Waals surface area contributed by atoms with E-state index in [2.05, 4.69) is 10.3 Å². The molecule has 6 nitrogen and oxygen atoms in total. The maximum atomic E-state index is 13.5. The van der Waals surface area contributed by atoms with E-state index in [-0.39, 0.29) is 17.5 Å². The third-order valence-corrected chi connectivity index (χ3v) is 7.64. The number of pyridine rings is 1. The maximum Gasteiger partial charge on any atom is 0.335 e. The van der Waals surface area contributed by atoms with Crippen LogP contribution in [-0.2, 0) is 10.2 Å². The van der Waals surface area contributed by atoms with Gasteiger partial charge in [-0.25, -0.2) is 4.79 Å². The SMILES string of the molecule is CC(NC(=O)C1(c2ccc(OCCC3CCCCC3)cn2)CCCC1)c1ccc(C(=O)O)cc1. The van der Waals surface area contributed by atoms with Gasteiger partial charge in [-0.2, -0.15) is 0 Å². The number of hydrogen-bond acceptors (Lipinski definition) is 4. The summed E-state index contributed by atoms with van der Waals surface area (Å²) < 4.78 is 5.96. The van der Waals surface area contributed by atoms with Crippen LogP contribution < -0.4 is 10.1 Å². The Kier molecular flexibility index (Phi) is 7.86. The fraction of sp³-hybridized carbons (Fsp3) is 0.536. The molecule has 0 radical (unpaired) electrons. The molecule has 6 heteroatoms. The first-order valence-corrected chi connectivity index (χ1v) is 12.7. The number of ether oxygens (including phenoxy) is 1. The zero-order valence-corrected chi connectivity index (χ0v) is 20.1. The molecule has 1 aromatic heterocycles. The molecular weight excluding hydrogens is 428 g/mol. The number of carboxylic acids is 1. The summed E-state index contributed by atoms with van der Waals surface area (Å²) in [7, 11) is 0. The van der Waals surface area contributed by atoms with Crippen molar-refractivity contribution < 1.29 is 19.4 Å². The first-order chi connectivity index (χ1) is 16.5.